The number of ether oxygens (including phenoxy) is 2. The number of urea groups is 1. The van der Waals surface area contributed by atoms with Gasteiger partial charge in [-0.25, -0.2) is 9.59 Å². The largest absolute Gasteiger partial charge is 0.497 e. The molecule has 0 aromatic heterocycles. The van der Waals surface area contributed by atoms with Crippen LogP contribution in [0.1, 0.15) is 20.3 Å². The van der Waals surface area contributed by atoms with Crippen LogP contribution in [-0.2, 0) is 9.53 Å². The normalized spacial score (nSPS) is 11.7. The van der Waals surface area contributed by atoms with Gasteiger partial charge in [-0.1, -0.05) is 19.9 Å². The highest BCUT2D eigenvalue weighted by molar-refractivity contribution is 5.92. The zero-order valence-corrected chi connectivity index (χ0v) is 12.8. The summed E-state index contributed by atoms with van der Waals surface area (Å²) in [5.74, 6) is 0.440. The van der Waals surface area contributed by atoms with Crippen LogP contribution in [0.4, 0.5) is 10.5 Å². The maximum absolute atomic E-state index is 12.0. The second-order valence-electron chi connectivity index (χ2n) is 5.04. The smallest absolute Gasteiger partial charge is 0.328 e. The van der Waals surface area contributed by atoms with Crippen molar-refractivity contribution in [1.29, 1.82) is 0 Å². The number of carbonyl (C=O) groups excluding carboxylic acids is 2. The van der Waals surface area contributed by atoms with Crippen molar-refractivity contribution in [2.75, 3.05) is 19.5 Å². The number of carbonyl (C=O) groups is 2. The number of nitrogens with one attached hydrogen (secondary N) is 2. The summed E-state index contributed by atoms with van der Waals surface area (Å²) in [7, 11) is 2.85. The van der Waals surface area contributed by atoms with Gasteiger partial charge < -0.3 is 20.1 Å². The van der Waals surface area contributed by atoms with Gasteiger partial charge >= 0.3 is 12.0 Å². The Balaban J connectivity index is 2.66. The minimum absolute atomic E-state index is 0.256. The first-order valence-electron chi connectivity index (χ1n) is 6.75. The van der Waals surface area contributed by atoms with Crippen LogP contribution in [0.25, 0.3) is 0 Å². The molecule has 1 atom stereocenters. The first-order chi connectivity index (χ1) is 9.96. The summed E-state index contributed by atoms with van der Waals surface area (Å²) in [5.41, 5.74) is 0.583. The molecule has 0 fully saturated rings. The van der Waals surface area contributed by atoms with Crippen molar-refractivity contribution in [3.63, 3.8) is 0 Å². The Hall–Kier alpha value is -2.24. The number of hydrogen-bond donors (Lipinski definition) is 2. The van der Waals surface area contributed by atoms with E-state index in [0.717, 1.165) is 0 Å². The van der Waals surface area contributed by atoms with E-state index >= 15 is 0 Å². The fourth-order valence-electron chi connectivity index (χ4n) is 1.85. The molecule has 0 bridgehead atoms. The third-order valence-electron chi connectivity index (χ3n) is 2.83. The molecule has 6 heteroatoms. The third-order valence-corrected chi connectivity index (χ3v) is 2.83. The van der Waals surface area contributed by atoms with Crippen molar-refractivity contribution in [1.82, 2.24) is 5.32 Å². The summed E-state index contributed by atoms with van der Waals surface area (Å²) < 4.78 is 9.78. The number of rotatable bonds is 6. The van der Waals surface area contributed by atoms with Crippen LogP contribution in [0, 0.1) is 5.92 Å². The number of esters is 1. The average molecular weight is 294 g/mol. The Morgan fingerprint density at radius 3 is 2.52 bits per heavy atom. The van der Waals surface area contributed by atoms with E-state index in [9.17, 15) is 9.59 Å². The molecule has 21 heavy (non-hydrogen) atoms. The van der Waals surface area contributed by atoms with Gasteiger partial charge in [-0.2, -0.15) is 0 Å². The molecule has 116 valence electrons. The summed E-state index contributed by atoms with van der Waals surface area (Å²) >= 11 is 0. The first kappa shape index (κ1) is 16.8. The van der Waals surface area contributed by atoms with Crippen LogP contribution in [0.2, 0.25) is 0 Å². The molecule has 0 radical (unpaired) electrons. The van der Waals surface area contributed by atoms with E-state index in [1.165, 1.54) is 7.11 Å². The zero-order chi connectivity index (χ0) is 15.8. The molecule has 1 rings (SSSR count). The van der Waals surface area contributed by atoms with Crippen LogP contribution in [0.5, 0.6) is 5.75 Å². The summed E-state index contributed by atoms with van der Waals surface area (Å²) in [4.78, 5) is 23.6. The van der Waals surface area contributed by atoms with Gasteiger partial charge in [-0.3, -0.25) is 0 Å². The molecule has 0 aliphatic heterocycles. The lowest BCUT2D eigenvalue weighted by molar-refractivity contribution is -0.143. The summed E-state index contributed by atoms with van der Waals surface area (Å²) in [6, 6.07) is 5.84. The number of methoxy groups -OCH3 is 2. The minimum Gasteiger partial charge on any atom is -0.497 e. The van der Waals surface area contributed by atoms with E-state index in [1.54, 1.807) is 31.4 Å². The maximum atomic E-state index is 12.0. The lowest BCUT2D eigenvalue weighted by Crippen LogP contribution is -2.44. The van der Waals surface area contributed by atoms with Gasteiger partial charge in [0.15, 0.2) is 0 Å². The van der Waals surface area contributed by atoms with Crippen molar-refractivity contribution < 1.29 is 19.1 Å². The van der Waals surface area contributed by atoms with Crippen LogP contribution < -0.4 is 15.4 Å². The van der Waals surface area contributed by atoms with E-state index in [0.29, 0.717) is 17.9 Å². The minimum atomic E-state index is -0.666. The Morgan fingerprint density at radius 1 is 1.24 bits per heavy atom. The highest BCUT2D eigenvalue weighted by atomic mass is 16.5. The molecule has 0 saturated heterocycles. The fraction of sp³-hybridized carbons (Fsp3) is 0.467. The second kappa shape index (κ2) is 8.14. The molecule has 0 aliphatic rings. The van der Waals surface area contributed by atoms with Gasteiger partial charge in [0.05, 0.1) is 14.2 Å². The quantitative estimate of drug-likeness (QED) is 0.790. The molecule has 1 aromatic rings. The van der Waals surface area contributed by atoms with Crippen LogP contribution in [0.3, 0.4) is 0 Å². The first-order valence-corrected chi connectivity index (χ1v) is 6.75. The monoisotopic (exact) mass is 294 g/mol. The van der Waals surface area contributed by atoms with Crippen LogP contribution in [0.15, 0.2) is 24.3 Å². The zero-order valence-electron chi connectivity index (χ0n) is 12.8. The summed E-state index contributed by atoms with van der Waals surface area (Å²) in [6.07, 6.45) is 0.512. The van der Waals surface area contributed by atoms with E-state index in [4.69, 9.17) is 9.47 Å². The Morgan fingerprint density at radius 2 is 1.95 bits per heavy atom. The van der Waals surface area contributed by atoms with Crippen molar-refractivity contribution in [2.24, 2.45) is 5.92 Å². The second-order valence-corrected chi connectivity index (χ2v) is 5.04. The summed E-state index contributed by atoms with van der Waals surface area (Å²) in [6.45, 7) is 3.94. The topological polar surface area (TPSA) is 76.7 Å². The molecular formula is C15H22N2O4. The van der Waals surface area contributed by atoms with Crippen molar-refractivity contribution in [3.8, 4) is 5.75 Å². The Bertz CT molecular complexity index is 488. The molecule has 0 saturated carbocycles. The SMILES string of the molecule is COC(=O)[C@H](CC(C)C)NC(=O)Nc1cccc(OC)c1. The van der Waals surface area contributed by atoms with Crippen LogP contribution >= 0.6 is 0 Å². The van der Waals surface area contributed by atoms with Gasteiger partial charge in [-0.05, 0) is 24.5 Å². The van der Waals surface area contributed by atoms with E-state index in [-0.39, 0.29) is 5.92 Å². The Labute approximate surface area is 124 Å². The third kappa shape index (κ3) is 5.72. The van der Waals surface area contributed by atoms with Crippen molar-refractivity contribution in [2.45, 2.75) is 26.3 Å². The summed E-state index contributed by atoms with van der Waals surface area (Å²) in [5, 5.41) is 5.28. The molecule has 2 N–H and O–H groups in total. The standard InChI is InChI=1S/C15H22N2O4/c1-10(2)8-13(14(18)21-4)17-15(19)16-11-6-5-7-12(9-11)20-3/h5-7,9-10,13H,8H2,1-4H3,(H2,16,17,19)/t13-/m0/s1. The predicted octanol–water partition coefficient (Wildman–Crippen LogP) is 2.40. The van der Waals surface area contributed by atoms with E-state index in [2.05, 4.69) is 10.6 Å². The van der Waals surface area contributed by atoms with E-state index < -0.39 is 18.0 Å². The van der Waals surface area contributed by atoms with Gasteiger partial charge in [0.1, 0.15) is 11.8 Å². The highest BCUT2D eigenvalue weighted by Crippen LogP contribution is 2.16. The molecule has 0 unspecified atom stereocenters. The number of amides is 2. The van der Waals surface area contributed by atoms with Crippen LogP contribution in [-0.4, -0.2) is 32.3 Å². The lowest BCUT2D eigenvalue weighted by Gasteiger charge is -2.18. The maximum Gasteiger partial charge on any atom is 0.328 e. The van der Waals surface area contributed by atoms with Crippen molar-refractivity contribution >= 4 is 17.7 Å². The van der Waals surface area contributed by atoms with Gasteiger partial charge in [0, 0.05) is 11.8 Å². The number of anilines is 1. The average Bonchev–Trinajstić information content (AvgIpc) is 2.45. The molecule has 0 aliphatic carbocycles. The molecule has 6 nitrogen and oxygen atoms in total. The number of hydrogen-bond acceptors (Lipinski definition) is 4. The molecule has 2 amide bonds. The lowest BCUT2D eigenvalue weighted by atomic mass is 10.0. The predicted molar refractivity (Wildman–Crippen MR) is 80.4 cm³/mol. The van der Waals surface area contributed by atoms with Gasteiger partial charge in [0.2, 0.25) is 0 Å². The van der Waals surface area contributed by atoms with Crippen molar-refractivity contribution in [3.05, 3.63) is 24.3 Å². The molecule has 0 heterocycles. The molecular weight excluding hydrogens is 272 g/mol. The molecule has 1 aromatic carbocycles. The number of benzene rings is 1. The highest BCUT2D eigenvalue weighted by Gasteiger charge is 2.22. The van der Waals surface area contributed by atoms with Gasteiger partial charge in [0.25, 0.3) is 0 Å². The van der Waals surface area contributed by atoms with Gasteiger partial charge in [-0.15, -0.1) is 0 Å². The fourth-order valence-corrected chi connectivity index (χ4v) is 1.85. The Kier molecular flexibility index (Phi) is 6.52. The van der Waals surface area contributed by atoms with E-state index in [1.807, 2.05) is 13.8 Å². The molecule has 0 spiro atoms.